The predicted molar refractivity (Wildman–Crippen MR) is 137 cm³/mol. The van der Waals surface area contributed by atoms with Gasteiger partial charge in [0.15, 0.2) is 0 Å². The van der Waals surface area contributed by atoms with E-state index in [1.165, 1.54) is 62.8 Å². The number of esters is 1. The van der Waals surface area contributed by atoms with Crippen LogP contribution >= 0.6 is 11.6 Å². The lowest BCUT2D eigenvalue weighted by Crippen LogP contribution is -2.38. The Morgan fingerprint density at radius 3 is 2.28 bits per heavy atom. The van der Waals surface area contributed by atoms with E-state index in [0.717, 1.165) is 4.31 Å². The zero-order valence-corrected chi connectivity index (χ0v) is 21.4. The molecule has 0 heterocycles. The molecule has 1 amide bonds. The van der Waals surface area contributed by atoms with Crippen molar-refractivity contribution in [1.82, 2.24) is 0 Å². The highest BCUT2D eigenvalue weighted by Gasteiger charge is 2.29. The fourth-order valence-corrected chi connectivity index (χ4v) is 4.95. The minimum atomic E-state index is -4.19. The van der Waals surface area contributed by atoms with E-state index in [2.05, 4.69) is 5.32 Å². The van der Waals surface area contributed by atoms with Crippen molar-refractivity contribution >= 4 is 44.9 Å². The summed E-state index contributed by atoms with van der Waals surface area (Å²) >= 11 is 6.25. The molecule has 1 N–H and O–H groups in total. The van der Waals surface area contributed by atoms with E-state index in [4.69, 9.17) is 25.8 Å². The second kappa shape index (κ2) is 11.8. The maximum absolute atomic E-state index is 13.6. The largest absolute Gasteiger partial charge is 0.497 e. The van der Waals surface area contributed by atoms with Gasteiger partial charge in [0.2, 0.25) is 5.91 Å². The maximum Gasteiger partial charge on any atom is 0.338 e. The van der Waals surface area contributed by atoms with Gasteiger partial charge >= 0.3 is 5.97 Å². The molecule has 3 aromatic carbocycles. The number of hydrogen-bond acceptors (Lipinski definition) is 7. The van der Waals surface area contributed by atoms with E-state index in [0.29, 0.717) is 5.75 Å². The molecule has 0 saturated carbocycles. The van der Waals surface area contributed by atoms with E-state index in [-0.39, 0.29) is 39.2 Å². The second-order valence-electron chi connectivity index (χ2n) is 7.32. The van der Waals surface area contributed by atoms with E-state index in [1.54, 1.807) is 25.1 Å². The first kappa shape index (κ1) is 26.8. The Kier molecular flexibility index (Phi) is 8.78. The summed E-state index contributed by atoms with van der Waals surface area (Å²) in [5.74, 6) is -0.468. The minimum Gasteiger partial charge on any atom is -0.497 e. The Balaban J connectivity index is 1.93. The zero-order valence-electron chi connectivity index (χ0n) is 19.9. The lowest BCUT2D eigenvalue weighted by molar-refractivity contribution is -0.114. The summed E-state index contributed by atoms with van der Waals surface area (Å²) in [5, 5.41) is 2.69. The van der Waals surface area contributed by atoms with Crippen molar-refractivity contribution in [3.8, 4) is 11.5 Å². The normalized spacial score (nSPS) is 10.9. The molecule has 36 heavy (non-hydrogen) atoms. The van der Waals surface area contributed by atoms with Crippen LogP contribution in [0.1, 0.15) is 17.3 Å². The van der Waals surface area contributed by atoms with Gasteiger partial charge in [-0.05, 0) is 61.5 Å². The monoisotopic (exact) mass is 532 g/mol. The number of amides is 1. The summed E-state index contributed by atoms with van der Waals surface area (Å²) in [4.78, 5) is 24.9. The van der Waals surface area contributed by atoms with Crippen LogP contribution < -0.4 is 19.1 Å². The molecule has 0 saturated heterocycles. The summed E-state index contributed by atoms with van der Waals surface area (Å²) in [6, 6.07) is 16.5. The van der Waals surface area contributed by atoms with E-state index < -0.39 is 28.4 Å². The lowest BCUT2D eigenvalue weighted by Gasteiger charge is -2.25. The number of nitrogens with zero attached hydrogens (tertiary/aromatic N) is 1. The second-order valence-corrected chi connectivity index (χ2v) is 9.59. The third kappa shape index (κ3) is 6.07. The van der Waals surface area contributed by atoms with Crippen LogP contribution in [0.3, 0.4) is 0 Å². The Morgan fingerprint density at radius 2 is 1.67 bits per heavy atom. The molecule has 0 aliphatic heterocycles. The van der Waals surface area contributed by atoms with Crippen LogP contribution in [0.5, 0.6) is 11.5 Å². The topological polar surface area (TPSA) is 111 Å². The molecular formula is C25H25ClN2O7S. The van der Waals surface area contributed by atoms with E-state index in [1.807, 2.05) is 0 Å². The summed E-state index contributed by atoms with van der Waals surface area (Å²) in [5.41, 5.74) is 0.601. The number of nitrogens with one attached hydrogen (secondary N) is 1. The summed E-state index contributed by atoms with van der Waals surface area (Å²) in [7, 11) is -1.31. The predicted octanol–water partition coefficient (Wildman–Crippen LogP) is 4.37. The quantitative estimate of drug-likeness (QED) is 0.386. The van der Waals surface area contributed by atoms with Crippen LogP contribution in [0, 0.1) is 0 Å². The van der Waals surface area contributed by atoms with Gasteiger partial charge in [0.1, 0.15) is 18.0 Å². The molecular weight excluding hydrogens is 508 g/mol. The molecule has 0 spiro atoms. The minimum absolute atomic E-state index is 0.0428. The van der Waals surface area contributed by atoms with Crippen LogP contribution in [0.4, 0.5) is 11.4 Å². The van der Waals surface area contributed by atoms with E-state index >= 15 is 0 Å². The van der Waals surface area contributed by atoms with Gasteiger partial charge in [-0.3, -0.25) is 9.10 Å². The first-order chi connectivity index (χ1) is 17.2. The fraction of sp³-hybridized carbons (Fsp3) is 0.200. The van der Waals surface area contributed by atoms with E-state index in [9.17, 15) is 18.0 Å². The molecule has 0 aliphatic rings. The van der Waals surface area contributed by atoms with Gasteiger partial charge in [-0.1, -0.05) is 23.7 Å². The molecule has 0 fully saturated rings. The maximum atomic E-state index is 13.6. The number of ether oxygens (including phenoxy) is 3. The van der Waals surface area contributed by atoms with Gasteiger partial charge < -0.3 is 19.5 Å². The Bertz CT molecular complexity index is 1340. The lowest BCUT2D eigenvalue weighted by atomic mass is 10.2. The first-order valence-electron chi connectivity index (χ1n) is 10.8. The number of methoxy groups -OCH3 is 2. The first-order valence-corrected chi connectivity index (χ1v) is 12.6. The van der Waals surface area contributed by atoms with Crippen LogP contribution in [-0.2, 0) is 19.6 Å². The van der Waals surface area contributed by atoms with Crippen molar-refractivity contribution < 1.29 is 32.2 Å². The van der Waals surface area contributed by atoms with Crippen molar-refractivity contribution in [3.63, 3.8) is 0 Å². The number of halogens is 1. The molecule has 3 aromatic rings. The number of carbonyl (C=O) groups excluding carboxylic acids is 2. The number of carbonyl (C=O) groups is 2. The average molecular weight is 533 g/mol. The SMILES string of the molecule is CCOC(=O)c1ccc(NC(=O)CN(c2ccccc2OC)S(=O)(=O)c2ccc(OC)cc2)c(Cl)c1. The van der Waals surface area contributed by atoms with Crippen LogP contribution in [0.15, 0.2) is 71.6 Å². The van der Waals surface area contributed by atoms with Gasteiger partial charge in [-0.2, -0.15) is 0 Å². The average Bonchev–Trinajstić information content (AvgIpc) is 2.88. The summed E-state index contributed by atoms with van der Waals surface area (Å²) in [6.07, 6.45) is 0. The number of benzene rings is 3. The van der Waals surface area contributed by atoms with Crippen molar-refractivity contribution in [2.24, 2.45) is 0 Å². The summed E-state index contributed by atoms with van der Waals surface area (Å²) in [6.45, 7) is 1.31. The molecule has 11 heteroatoms. The number of hydrogen-bond donors (Lipinski definition) is 1. The van der Waals surface area contributed by atoms with Gasteiger partial charge in [0, 0.05) is 0 Å². The van der Waals surface area contributed by atoms with Crippen molar-refractivity contribution in [1.29, 1.82) is 0 Å². The van der Waals surface area contributed by atoms with Crippen molar-refractivity contribution in [3.05, 3.63) is 77.3 Å². The smallest absolute Gasteiger partial charge is 0.338 e. The highest BCUT2D eigenvalue weighted by Crippen LogP contribution is 2.33. The van der Waals surface area contributed by atoms with Gasteiger partial charge in [-0.25, -0.2) is 13.2 Å². The summed E-state index contributed by atoms with van der Waals surface area (Å²) < 4.78 is 43.6. The molecule has 0 unspecified atom stereocenters. The Morgan fingerprint density at radius 1 is 0.972 bits per heavy atom. The Hall–Kier alpha value is -3.76. The number of rotatable bonds is 10. The fourth-order valence-electron chi connectivity index (χ4n) is 3.29. The molecule has 0 aliphatic carbocycles. The van der Waals surface area contributed by atoms with Crippen LogP contribution in [0.2, 0.25) is 5.02 Å². The molecule has 0 atom stereocenters. The van der Waals surface area contributed by atoms with Gasteiger partial charge in [0.25, 0.3) is 10.0 Å². The zero-order chi connectivity index (χ0) is 26.3. The number of anilines is 2. The van der Waals surface area contributed by atoms with Crippen molar-refractivity contribution in [2.75, 3.05) is 37.0 Å². The molecule has 3 rings (SSSR count). The number of sulfonamides is 1. The third-order valence-electron chi connectivity index (χ3n) is 5.04. The van der Waals surface area contributed by atoms with Gasteiger partial charge in [-0.15, -0.1) is 0 Å². The van der Waals surface area contributed by atoms with Crippen LogP contribution in [-0.4, -0.2) is 47.7 Å². The Labute approximate surface area is 214 Å². The molecule has 0 aromatic heterocycles. The molecule has 190 valence electrons. The molecule has 9 nitrogen and oxygen atoms in total. The third-order valence-corrected chi connectivity index (χ3v) is 7.13. The highest BCUT2D eigenvalue weighted by molar-refractivity contribution is 7.92. The molecule has 0 radical (unpaired) electrons. The van der Waals surface area contributed by atoms with Gasteiger partial charge in [0.05, 0.1) is 47.7 Å². The molecule has 0 bridgehead atoms. The standard InChI is InChI=1S/C25H25ClN2O7S/c1-4-35-25(30)17-9-14-21(20(26)15-17)27-24(29)16-28(22-7-5-6-8-23(22)34-3)36(31,32)19-12-10-18(33-2)11-13-19/h5-15H,4,16H2,1-3H3,(H,27,29). The number of para-hydroxylation sites is 2. The highest BCUT2D eigenvalue weighted by atomic mass is 35.5. The van der Waals surface area contributed by atoms with Crippen LogP contribution in [0.25, 0.3) is 0 Å². The van der Waals surface area contributed by atoms with Crippen molar-refractivity contribution in [2.45, 2.75) is 11.8 Å².